The average Bonchev–Trinajstić information content (AvgIpc) is 3.00. The van der Waals surface area contributed by atoms with Gasteiger partial charge in [-0.15, -0.1) is 0 Å². The van der Waals surface area contributed by atoms with Crippen molar-refractivity contribution in [2.45, 2.75) is 45.3 Å². The van der Waals surface area contributed by atoms with Crippen molar-refractivity contribution >= 4 is 11.9 Å². The highest BCUT2D eigenvalue weighted by Gasteiger charge is 2.27. The van der Waals surface area contributed by atoms with E-state index in [4.69, 9.17) is 0 Å². The fourth-order valence-corrected chi connectivity index (χ4v) is 2.82. The van der Waals surface area contributed by atoms with Crippen LogP contribution in [0.1, 0.15) is 31.5 Å². The summed E-state index contributed by atoms with van der Waals surface area (Å²) in [4.78, 5) is 27.2. The maximum Gasteiger partial charge on any atom is 0.321 e. The molecule has 1 aromatic heterocycles. The second kappa shape index (κ2) is 9.15. The van der Waals surface area contributed by atoms with Crippen molar-refractivity contribution in [3.8, 4) is 0 Å². The molecule has 0 aliphatic rings. The van der Waals surface area contributed by atoms with E-state index in [1.54, 1.807) is 12.5 Å². The maximum atomic E-state index is 11.7. The summed E-state index contributed by atoms with van der Waals surface area (Å²) in [6.07, 6.45) is 3.80. The van der Waals surface area contributed by atoms with E-state index in [1.165, 1.54) is 0 Å². The van der Waals surface area contributed by atoms with E-state index in [0.717, 1.165) is 11.3 Å². The summed E-state index contributed by atoms with van der Waals surface area (Å²) in [5, 5.41) is 21.7. The lowest BCUT2D eigenvalue weighted by Crippen LogP contribution is -2.49. The normalized spacial score (nSPS) is 13.5. The molecule has 0 amide bonds. The summed E-state index contributed by atoms with van der Waals surface area (Å²) in [7, 11) is 0. The van der Waals surface area contributed by atoms with Gasteiger partial charge in [-0.25, -0.2) is 4.98 Å². The number of nitrogens with one attached hydrogen (secondary N) is 1. The number of rotatable bonds is 10. The Morgan fingerprint density at radius 3 is 2.35 bits per heavy atom. The minimum Gasteiger partial charge on any atom is -0.480 e. The van der Waals surface area contributed by atoms with E-state index >= 15 is 0 Å². The molecule has 26 heavy (non-hydrogen) atoms. The predicted molar refractivity (Wildman–Crippen MR) is 96.9 cm³/mol. The van der Waals surface area contributed by atoms with Gasteiger partial charge in [0.25, 0.3) is 0 Å². The number of carbonyl (C=O) groups is 2. The third kappa shape index (κ3) is 5.70. The van der Waals surface area contributed by atoms with E-state index in [9.17, 15) is 19.8 Å². The van der Waals surface area contributed by atoms with E-state index in [1.807, 2.05) is 48.7 Å². The van der Waals surface area contributed by atoms with Crippen LogP contribution in [0.3, 0.4) is 0 Å². The number of hydrogen-bond acceptors (Lipinski definition) is 4. The summed E-state index contributed by atoms with van der Waals surface area (Å²) < 4.78 is 1.88. The molecule has 0 aliphatic carbocycles. The first-order chi connectivity index (χ1) is 12.4. The molecule has 0 bridgehead atoms. The summed E-state index contributed by atoms with van der Waals surface area (Å²) in [6, 6.07) is 7.89. The molecule has 0 radical (unpaired) electrons. The monoisotopic (exact) mass is 359 g/mol. The van der Waals surface area contributed by atoms with Gasteiger partial charge in [0.05, 0.1) is 6.33 Å². The highest BCUT2D eigenvalue weighted by atomic mass is 16.4. The van der Waals surface area contributed by atoms with Gasteiger partial charge in [-0.3, -0.25) is 14.9 Å². The second-order valence-electron chi connectivity index (χ2n) is 6.78. The molecule has 0 aliphatic heterocycles. The Morgan fingerprint density at radius 1 is 1.12 bits per heavy atom. The molecule has 1 heterocycles. The molecule has 1 aromatic carbocycles. The smallest absolute Gasteiger partial charge is 0.321 e. The van der Waals surface area contributed by atoms with E-state index < -0.39 is 24.0 Å². The lowest BCUT2D eigenvalue weighted by atomic mass is 10.0. The molecule has 3 N–H and O–H groups in total. The van der Waals surface area contributed by atoms with Gasteiger partial charge in [0.15, 0.2) is 0 Å². The lowest BCUT2D eigenvalue weighted by molar-refractivity contribution is -0.142. The van der Waals surface area contributed by atoms with Gasteiger partial charge in [-0.05, 0) is 17.9 Å². The molecule has 0 spiro atoms. The first-order valence-corrected chi connectivity index (χ1v) is 8.61. The Labute approximate surface area is 152 Å². The average molecular weight is 359 g/mol. The molecular weight excluding hydrogens is 334 g/mol. The fraction of sp³-hybridized carbons (Fsp3) is 0.421. The van der Waals surface area contributed by atoms with Crippen molar-refractivity contribution in [3.05, 3.63) is 54.1 Å². The van der Waals surface area contributed by atoms with E-state index in [0.29, 0.717) is 13.0 Å². The second-order valence-corrected chi connectivity index (χ2v) is 6.78. The predicted octanol–water partition coefficient (Wildman–Crippen LogP) is 2.02. The minimum absolute atomic E-state index is 0.140. The van der Waals surface area contributed by atoms with Crippen LogP contribution in [-0.2, 0) is 22.6 Å². The zero-order valence-corrected chi connectivity index (χ0v) is 15.0. The number of benzene rings is 1. The largest absolute Gasteiger partial charge is 0.480 e. The highest BCUT2D eigenvalue weighted by Crippen LogP contribution is 2.11. The Morgan fingerprint density at radius 2 is 1.77 bits per heavy atom. The number of carboxylic acids is 2. The van der Waals surface area contributed by atoms with Crippen molar-refractivity contribution in [1.82, 2.24) is 14.9 Å². The van der Waals surface area contributed by atoms with Crippen molar-refractivity contribution in [2.24, 2.45) is 5.92 Å². The topological polar surface area (TPSA) is 104 Å². The third-order valence-corrected chi connectivity index (χ3v) is 4.11. The number of hydrogen-bond donors (Lipinski definition) is 3. The molecule has 7 heteroatoms. The maximum absolute atomic E-state index is 11.7. The fourth-order valence-electron chi connectivity index (χ4n) is 2.82. The third-order valence-electron chi connectivity index (χ3n) is 4.11. The number of carboxylic acid groups (broad SMARTS) is 2. The molecule has 2 atom stereocenters. The quantitative estimate of drug-likeness (QED) is 0.599. The zero-order valence-electron chi connectivity index (χ0n) is 15.0. The van der Waals surface area contributed by atoms with Crippen LogP contribution in [0.15, 0.2) is 42.9 Å². The Bertz CT molecular complexity index is 727. The van der Waals surface area contributed by atoms with Gasteiger partial charge in [0.2, 0.25) is 0 Å². The molecule has 0 saturated carbocycles. The summed E-state index contributed by atoms with van der Waals surface area (Å²) in [5.41, 5.74) is 1.82. The van der Waals surface area contributed by atoms with Gasteiger partial charge in [0.1, 0.15) is 12.1 Å². The number of aromatic nitrogens is 2. The van der Waals surface area contributed by atoms with Crippen LogP contribution in [0.2, 0.25) is 0 Å². The van der Waals surface area contributed by atoms with Crippen molar-refractivity contribution in [1.29, 1.82) is 0 Å². The molecule has 7 nitrogen and oxygen atoms in total. The zero-order chi connectivity index (χ0) is 19.1. The van der Waals surface area contributed by atoms with Gasteiger partial charge in [-0.2, -0.15) is 0 Å². The van der Waals surface area contributed by atoms with Crippen molar-refractivity contribution < 1.29 is 19.8 Å². The first kappa shape index (κ1) is 19.7. The van der Waals surface area contributed by atoms with E-state index in [-0.39, 0.29) is 12.3 Å². The lowest BCUT2D eigenvalue weighted by Gasteiger charge is -2.22. The Balaban J connectivity index is 2.12. The number of aliphatic carboxylic acids is 2. The molecule has 0 fully saturated rings. The van der Waals surface area contributed by atoms with Crippen LogP contribution >= 0.6 is 0 Å². The number of imidazole rings is 1. The van der Waals surface area contributed by atoms with Gasteiger partial charge in [-0.1, -0.05) is 44.2 Å². The van der Waals surface area contributed by atoms with Crippen LogP contribution in [0.4, 0.5) is 0 Å². The summed E-state index contributed by atoms with van der Waals surface area (Å²) >= 11 is 0. The van der Waals surface area contributed by atoms with E-state index in [2.05, 4.69) is 10.3 Å². The van der Waals surface area contributed by atoms with Crippen LogP contribution in [-0.4, -0.2) is 43.8 Å². The van der Waals surface area contributed by atoms with Crippen LogP contribution in [0.25, 0.3) is 0 Å². The molecule has 2 unspecified atom stereocenters. The first-order valence-electron chi connectivity index (χ1n) is 8.61. The highest BCUT2D eigenvalue weighted by molar-refractivity contribution is 5.77. The van der Waals surface area contributed by atoms with Crippen molar-refractivity contribution in [2.75, 3.05) is 0 Å². The molecular formula is C19H25N3O4. The van der Waals surface area contributed by atoms with Crippen molar-refractivity contribution in [3.63, 3.8) is 0 Å². The number of nitrogens with zero attached hydrogens (tertiary/aromatic N) is 2. The Kier molecular flexibility index (Phi) is 6.91. The minimum atomic E-state index is -1.08. The van der Waals surface area contributed by atoms with Gasteiger partial charge >= 0.3 is 11.9 Å². The van der Waals surface area contributed by atoms with Crippen LogP contribution in [0, 0.1) is 5.92 Å². The summed E-state index contributed by atoms with van der Waals surface area (Å²) in [5.74, 6) is -1.98. The SMILES string of the molecule is CC(C)CC(NC(Cc1cncn1Cc1ccccc1)C(=O)O)C(=O)O. The summed E-state index contributed by atoms with van der Waals surface area (Å²) in [6.45, 7) is 4.39. The molecule has 2 rings (SSSR count). The van der Waals surface area contributed by atoms with Crippen LogP contribution in [0.5, 0.6) is 0 Å². The molecule has 2 aromatic rings. The van der Waals surface area contributed by atoms with Gasteiger partial charge < -0.3 is 14.8 Å². The standard InChI is InChI=1S/C19H25N3O4/c1-13(2)8-16(18(23)24)21-17(19(25)26)9-15-10-20-12-22(15)11-14-6-4-3-5-7-14/h3-7,10,12-13,16-17,21H,8-9,11H2,1-2H3,(H,23,24)(H,25,26). The van der Waals surface area contributed by atoms with Crippen LogP contribution < -0.4 is 5.32 Å². The molecule has 140 valence electrons. The Hall–Kier alpha value is -2.67. The molecule has 0 saturated heterocycles. The van der Waals surface area contributed by atoms with Gasteiger partial charge in [0, 0.05) is 24.9 Å².